The van der Waals surface area contributed by atoms with Crippen molar-refractivity contribution in [2.24, 2.45) is 5.92 Å². The molecule has 30 heavy (non-hydrogen) atoms. The zero-order chi connectivity index (χ0) is 20.8. The highest BCUT2D eigenvalue weighted by Gasteiger charge is 2.40. The third kappa shape index (κ3) is 3.31. The van der Waals surface area contributed by atoms with Gasteiger partial charge < -0.3 is 15.1 Å². The smallest absolute Gasteiger partial charge is 0.256 e. The highest BCUT2D eigenvalue weighted by molar-refractivity contribution is 6.42. The van der Waals surface area contributed by atoms with Gasteiger partial charge in [0.05, 0.1) is 27.3 Å². The highest BCUT2D eigenvalue weighted by Crippen LogP contribution is 2.52. The van der Waals surface area contributed by atoms with Crippen LogP contribution in [0.25, 0.3) is 0 Å². The van der Waals surface area contributed by atoms with E-state index in [0.717, 1.165) is 49.4 Å². The van der Waals surface area contributed by atoms with Gasteiger partial charge in [-0.1, -0.05) is 59.6 Å². The molecule has 0 radical (unpaired) electrons. The number of rotatable bonds is 2. The first-order chi connectivity index (χ1) is 14.5. The Kier molecular flexibility index (Phi) is 5.26. The van der Waals surface area contributed by atoms with Crippen molar-refractivity contribution in [2.45, 2.75) is 18.4 Å². The molecule has 2 aromatic carbocycles. The van der Waals surface area contributed by atoms with E-state index in [4.69, 9.17) is 23.2 Å². The van der Waals surface area contributed by atoms with Crippen LogP contribution in [0.2, 0.25) is 10.0 Å². The lowest BCUT2D eigenvalue weighted by atomic mass is 9.76. The summed E-state index contributed by atoms with van der Waals surface area (Å²) in [5.41, 5.74) is 3.88. The molecular weight excluding hydrogens is 417 g/mol. The number of halogens is 2. The Morgan fingerprint density at radius 2 is 1.77 bits per heavy atom. The Morgan fingerprint density at radius 1 is 1.03 bits per heavy atom. The molecule has 156 valence electrons. The number of para-hydroxylation sites is 1. The number of amides is 1. The fraction of sp³-hybridized carbons (Fsp3) is 0.375. The van der Waals surface area contributed by atoms with Crippen molar-refractivity contribution in [1.82, 2.24) is 9.80 Å². The lowest BCUT2D eigenvalue weighted by Crippen LogP contribution is -2.47. The summed E-state index contributed by atoms with van der Waals surface area (Å²) in [6.07, 6.45) is 5.49. The van der Waals surface area contributed by atoms with Crippen molar-refractivity contribution in [3.63, 3.8) is 0 Å². The summed E-state index contributed by atoms with van der Waals surface area (Å²) >= 11 is 12.9. The molecule has 1 N–H and O–H groups in total. The standard InChI is InChI=1S/C24H25Cl2N3O/c1-28-11-13-29(14-12-28)24(30)19-9-3-7-17-15-5-2-6-16(15)22(27-23(17)19)18-8-4-10-20(25)21(18)26/h2-5,7-10,15-16,22,27H,6,11-14H2,1H3. The van der Waals surface area contributed by atoms with Crippen molar-refractivity contribution in [3.8, 4) is 0 Å². The number of likely N-dealkylation sites (N-methyl/N-ethyl adjacent to an activating group) is 1. The van der Waals surface area contributed by atoms with Crippen molar-refractivity contribution >= 4 is 34.8 Å². The molecule has 2 heterocycles. The largest absolute Gasteiger partial charge is 0.377 e. The number of nitrogens with zero attached hydrogens (tertiary/aromatic N) is 2. The van der Waals surface area contributed by atoms with E-state index >= 15 is 0 Å². The van der Waals surface area contributed by atoms with E-state index < -0.39 is 0 Å². The molecule has 1 aliphatic carbocycles. The number of fused-ring (bicyclic) bond motifs is 3. The fourth-order valence-corrected chi connectivity index (χ4v) is 5.47. The molecule has 1 amide bonds. The van der Waals surface area contributed by atoms with Crippen LogP contribution in [0, 0.1) is 5.92 Å². The van der Waals surface area contributed by atoms with Gasteiger partial charge in [0.15, 0.2) is 0 Å². The molecule has 0 bridgehead atoms. The van der Waals surface area contributed by atoms with Crippen LogP contribution in [0.4, 0.5) is 5.69 Å². The SMILES string of the molecule is CN1CCN(C(=O)c2cccc3c2NC(c2cccc(Cl)c2Cl)C2CC=CC32)CC1. The number of piperazine rings is 1. The molecule has 4 nitrogen and oxygen atoms in total. The van der Waals surface area contributed by atoms with Crippen LogP contribution in [-0.2, 0) is 0 Å². The number of carbonyl (C=O) groups excluding carboxylic acids is 1. The van der Waals surface area contributed by atoms with Crippen LogP contribution in [0.5, 0.6) is 0 Å². The van der Waals surface area contributed by atoms with Crippen molar-refractivity contribution < 1.29 is 4.79 Å². The predicted molar refractivity (Wildman–Crippen MR) is 123 cm³/mol. The van der Waals surface area contributed by atoms with Gasteiger partial charge in [0.2, 0.25) is 0 Å². The maximum Gasteiger partial charge on any atom is 0.256 e. The predicted octanol–water partition coefficient (Wildman–Crippen LogP) is 5.21. The minimum absolute atomic E-state index is 0.00476. The van der Waals surface area contributed by atoms with E-state index in [-0.39, 0.29) is 17.9 Å². The van der Waals surface area contributed by atoms with E-state index in [1.807, 2.05) is 35.2 Å². The first kappa shape index (κ1) is 19.9. The lowest BCUT2D eigenvalue weighted by molar-refractivity contribution is 0.0664. The zero-order valence-electron chi connectivity index (χ0n) is 16.9. The van der Waals surface area contributed by atoms with Crippen LogP contribution in [0.15, 0.2) is 48.6 Å². The average Bonchev–Trinajstić information content (AvgIpc) is 3.25. The molecular formula is C24H25Cl2N3O. The second-order valence-electron chi connectivity index (χ2n) is 8.48. The molecule has 0 spiro atoms. The summed E-state index contributed by atoms with van der Waals surface area (Å²) in [5, 5.41) is 4.86. The van der Waals surface area contributed by atoms with Crippen molar-refractivity contribution in [3.05, 3.63) is 75.3 Å². The molecule has 1 fully saturated rings. The summed E-state index contributed by atoms with van der Waals surface area (Å²) in [4.78, 5) is 17.7. The lowest BCUT2D eigenvalue weighted by Gasteiger charge is -2.39. The van der Waals surface area contributed by atoms with Crippen molar-refractivity contribution in [1.29, 1.82) is 0 Å². The van der Waals surface area contributed by atoms with Crippen LogP contribution >= 0.6 is 23.2 Å². The zero-order valence-corrected chi connectivity index (χ0v) is 18.5. The van der Waals surface area contributed by atoms with Gasteiger partial charge in [-0.15, -0.1) is 0 Å². The first-order valence-electron chi connectivity index (χ1n) is 10.5. The summed E-state index contributed by atoms with van der Waals surface area (Å²) in [7, 11) is 2.10. The minimum atomic E-state index is 0.00476. The van der Waals surface area contributed by atoms with Gasteiger partial charge in [0.1, 0.15) is 0 Å². The second-order valence-corrected chi connectivity index (χ2v) is 9.27. The summed E-state index contributed by atoms with van der Waals surface area (Å²) < 4.78 is 0. The van der Waals surface area contributed by atoms with Crippen LogP contribution < -0.4 is 5.32 Å². The Labute approximate surface area is 187 Å². The Morgan fingerprint density at radius 3 is 2.57 bits per heavy atom. The van der Waals surface area contributed by atoms with Gasteiger partial charge in [-0.3, -0.25) is 4.79 Å². The van der Waals surface area contributed by atoms with Crippen LogP contribution in [-0.4, -0.2) is 48.9 Å². The van der Waals surface area contributed by atoms with Gasteiger partial charge in [0.25, 0.3) is 5.91 Å². The van der Waals surface area contributed by atoms with Gasteiger partial charge in [-0.25, -0.2) is 0 Å². The number of benzene rings is 2. The van der Waals surface area contributed by atoms with Gasteiger partial charge in [0, 0.05) is 32.1 Å². The third-order valence-corrected chi connectivity index (χ3v) is 7.57. The Balaban J connectivity index is 1.55. The van der Waals surface area contributed by atoms with Gasteiger partial charge >= 0.3 is 0 Å². The minimum Gasteiger partial charge on any atom is -0.377 e. The van der Waals surface area contributed by atoms with Crippen molar-refractivity contribution in [2.75, 3.05) is 38.5 Å². The van der Waals surface area contributed by atoms with Crippen LogP contribution in [0.1, 0.15) is 39.9 Å². The van der Waals surface area contributed by atoms with Gasteiger partial charge in [-0.05, 0) is 42.6 Å². The van der Waals surface area contributed by atoms with E-state index in [1.165, 1.54) is 5.56 Å². The number of hydrogen-bond acceptors (Lipinski definition) is 3. The highest BCUT2D eigenvalue weighted by atomic mass is 35.5. The average molecular weight is 442 g/mol. The molecule has 0 saturated carbocycles. The molecule has 3 atom stereocenters. The molecule has 1 saturated heterocycles. The van der Waals surface area contributed by atoms with E-state index in [9.17, 15) is 4.79 Å². The molecule has 2 aliphatic heterocycles. The molecule has 5 rings (SSSR count). The number of nitrogens with one attached hydrogen (secondary N) is 1. The van der Waals surface area contributed by atoms with Crippen LogP contribution in [0.3, 0.4) is 0 Å². The van der Waals surface area contributed by atoms with E-state index in [1.54, 1.807) is 0 Å². The first-order valence-corrected chi connectivity index (χ1v) is 11.3. The maximum atomic E-state index is 13.4. The summed E-state index contributed by atoms with van der Waals surface area (Å²) in [5.74, 6) is 0.716. The maximum absolute atomic E-state index is 13.4. The number of anilines is 1. The second kappa shape index (κ2) is 7.92. The topological polar surface area (TPSA) is 35.6 Å². The Bertz CT molecular complexity index is 1010. The summed E-state index contributed by atoms with van der Waals surface area (Å²) in [6.45, 7) is 3.33. The molecule has 3 unspecified atom stereocenters. The number of allylic oxidation sites excluding steroid dienone is 2. The number of hydrogen-bond donors (Lipinski definition) is 1. The normalized spacial score (nSPS) is 25.6. The third-order valence-electron chi connectivity index (χ3n) is 6.73. The molecule has 2 aromatic rings. The summed E-state index contributed by atoms with van der Waals surface area (Å²) in [6, 6.07) is 11.9. The number of carbonyl (C=O) groups is 1. The molecule has 6 heteroatoms. The monoisotopic (exact) mass is 441 g/mol. The van der Waals surface area contributed by atoms with E-state index in [0.29, 0.717) is 16.0 Å². The molecule has 0 aromatic heterocycles. The molecule has 3 aliphatic rings. The van der Waals surface area contributed by atoms with Gasteiger partial charge in [-0.2, -0.15) is 0 Å². The Hall–Kier alpha value is -2.01. The van der Waals surface area contributed by atoms with E-state index in [2.05, 4.69) is 35.5 Å². The fourth-order valence-electron chi connectivity index (χ4n) is 5.05. The quantitative estimate of drug-likeness (QED) is 0.649.